The lowest BCUT2D eigenvalue weighted by atomic mass is 10.2. The minimum atomic E-state index is -0.0663. The molecular formula is C15H18N4OS2. The van der Waals surface area contributed by atoms with E-state index >= 15 is 0 Å². The third kappa shape index (κ3) is 3.98. The Labute approximate surface area is 138 Å². The van der Waals surface area contributed by atoms with Crippen LogP contribution in [0.1, 0.15) is 11.4 Å². The van der Waals surface area contributed by atoms with Gasteiger partial charge in [-0.25, -0.2) is 4.79 Å². The average Bonchev–Trinajstić information content (AvgIpc) is 3.15. The Morgan fingerprint density at radius 3 is 2.95 bits per heavy atom. The summed E-state index contributed by atoms with van der Waals surface area (Å²) in [7, 11) is 0. The van der Waals surface area contributed by atoms with E-state index in [-0.39, 0.29) is 6.03 Å². The molecule has 0 bridgehead atoms. The number of aryl methyl sites for hydroxylation is 1. The summed E-state index contributed by atoms with van der Waals surface area (Å²) in [5.41, 5.74) is 0. The van der Waals surface area contributed by atoms with Gasteiger partial charge in [-0.2, -0.15) is 0 Å². The molecule has 116 valence electrons. The molecule has 22 heavy (non-hydrogen) atoms. The minimum absolute atomic E-state index is 0.0663. The number of benzene rings is 1. The molecule has 0 aliphatic carbocycles. The van der Waals surface area contributed by atoms with Crippen LogP contribution in [0.25, 0.3) is 0 Å². The van der Waals surface area contributed by atoms with Crippen molar-refractivity contribution in [1.29, 1.82) is 0 Å². The molecule has 3 rings (SSSR count). The van der Waals surface area contributed by atoms with Crippen molar-refractivity contribution in [2.75, 3.05) is 24.2 Å². The van der Waals surface area contributed by atoms with E-state index in [1.54, 1.807) is 0 Å². The van der Waals surface area contributed by atoms with Gasteiger partial charge in [0.25, 0.3) is 0 Å². The number of carbonyl (C=O) groups excluding carboxylic acids is 1. The quantitative estimate of drug-likeness (QED) is 0.870. The first-order chi connectivity index (χ1) is 10.7. The first-order valence-corrected chi connectivity index (χ1v) is 9.05. The molecule has 1 fully saturated rings. The molecule has 2 amide bonds. The molecule has 1 aromatic heterocycles. The first kappa shape index (κ1) is 15.3. The number of anilines is 1. The number of carbonyl (C=O) groups is 1. The lowest BCUT2D eigenvalue weighted by Crippen LogP contribution is -2.33. The summed E-state index contributed by atoms with van der Waals surface area (Å²) < 4.78 is 0. The molecule has 1 saturated heterocycles. The van der Waals surface area contributed by atoms with Gasteiger partial charge in [0, 0.05) is 23.7 Å². The molecule has 1 atom stereocenters. The van der Waals surface area contributed by atoms with Crippen LogP contribution in [0.3, 0.4) is 0 Å². The number of thioether (sulfide) groups is 1. The van der Waals surface area contributed by atoms with Crippen molar-refractivity contribution in [3.63, 3.8) is 0 Å². The molecule has 0 radical (unpaired) electrons. The van der Waals surface area contributed by atoms with Gasteiger partial charge < -0.3 is 4.90 Å². The second-order valence-electron chi connectivity index (χ2n) is 5.28. The Morgan fingerprint density at radius 1 is 1.41 bits per heavy atom. The Morgan fingerprint density at radius 2 is 2.23 bits per heavy atom. The lowest BCUT2D eigenvalue weighted by molar-refractivity contribution is 0.221. The molecule has 1 N–H and O–H groups in total. The monoisotopic (exact) mass is 334 g/mol. The van der Waals surface area contributed by atoms with Crippen LogP contribution in [-0.2, 0) is 0 Å². The summed E-state index contributed by atoms with van der Waals surface area (Å²) in [6.45, 7) is 3.49. The van der Waals surface area contributed by atoms with Crippen LogP contribution in [0.2, 0.25) is 0 Å². The summed E-state index contributed by atoms with van der Waals surface area (Å²) in [4.78, 5) is 15.3. The van der Waals surface area contributed by atoms with Crippen LogP contribution in [-0.4, -0.2) is 40.0 Å². The number of nitrogens with one attached hydrogen (secondary N) is 1. The maximum atomic E-state index is 12.2. The van der Waals surface area contributed by atoms with E-state index in [4.69, 9.17) is 0 Å². The molecule has 2 heterocycles. The summed E-state index contributed by atoms with van der Waals surface area (Å²) >= 11 is 3.26. The SMILES string of the molecule is Cc1nnc(NC(=O)N2CC[C@H](CSc3ccccc3)C2)s1. The average molecular weight is 334 g/mol. The van der Waals surface area contributed by atoms with E-state index in [1.807, 2.05) is 29.7 Å². The minimum Gasteiger partial charge on any atom is -0.324 e. The van der Waals surface area contributed by atoms with Gasteiger partial charge in [0.15, 0.2) is 0 Å². The zero-order valence-electron chi connectivity index (χ0n) is 12.4. The number of aromatic nitrogens is 2. The van der Waals surface area contributed by atoms with Crippen molar-refractivity contribution in [2.24, 2.45) is 5.92 Å². The normalized spacial score (nSPS) is 17.7. The number of urea groups is 1. The maximum Gasteiger partial charge on any atom is 0.323 e. The molecule has 0 spiro atoms. The molecule has 0 saturated carbocycles. The van der Waals surface area contributed by atoms with Crippen molar-refractivity contribution in [2.45, 2.75) is 18.2 Å². The van der Waals surface area contributed by atoms with Gasteiger partial charge in [-0.3, -0.25) is 5.32 Å². The summed E-state index contributed by atoms with van der Waals surface area (Å²) in [6, 6.07) is 10.3. The molecule has 2 aromatic rings. The fraction of sp³-hybridized carbons (Fsp3) is 0.400. The Kier molecular flexibility index (Phi) is 4.94. The highest BCUT2D eigenvalue weighted by Crippen LogP contribution is 2.26. The van der Waals surface area contributed by atoms with Crippen molar-refractivity contribution >= 4 is 34.3 Å². The Balaban J connectivity index is 1.46. The molecule has 0 unspecified atom stereocenters. The number of rotatable bonds is 4. The van der Waals surface area contributed by atoms with Gasteiger partial charge in [-0.1, -0.05) is 29.5 Å². The highest BCUT2D eigenvalue weighted by atomic mass is 32.2. The topological polar surface area (TPSA) is 58.1 Å². The van der Waals surface area contributed by atoms with Gasteiger partial charge in [0.1, 0.15) is 5.01 Å². The van der Waals surface area contributed by atoms with Crippen LogP contribution in [0, 0.1) is 12.8 Å². The van der Waals surface area contributed by atoms with E-state index in [2.05, 4.69) is 39.8 Å². The lowest BCUT2D eigenvalue weighted by Gasteiger charge is -2.16. The Bertz CT molecular complexity index is 631. The molecule has 7 heteroatoms. The fourth-order valence-electron chi connectivity index (χ4n) is 2.40. The largest absolute Gasteiger partial charge is 0.324 e. The van der Waals surface area contributed by atoms with Crippen LogP contribution >= 0.6 is 23.1 Å². The van der Waals surface area contributed by atoms with E-state index in [0.717, 1.165) is 30.3 Å². The second-order valence-corrected chi connectivity index (χ2v) is 7.56. The van der Waals surface area contributed by atoms with Crippen molar-refractivity contribution in [1.82, 2.24) is 15.1 Å². The molecule has 1 aromatic carbocycles. The summed E-state index contributed by atoms with van der Waals surface area (Å²) in [5, 5.41) is 12.1. The maximum absolute atomic E-state index is 12.2. The third-order valence-corrected chi connectivity index (χ3v) is 5.54. The predicted molar refractivity (Wildman–Crippen MR) is 90.5 cm³/mol. The van der Waals surface area contributed by atoms with E-state index < -0.39 is 0 Å². The van der Waals surface area contributed by atoms with E-state index in [9.17, 15) is 4.79 Å². The number of likely N-dealkylation sites (tertiary alicyclic amines) is 1. The van der Waals surface area contributed by atoms with Gasteiger partial charge in [0.2, 0.25) is 5.13 Å². The highest BCUT2D eigenvalue weighted by molar-refractivity contribution is 7.99. The first-order valence-electron chi connectivity index (χ1n) is 7.24. The fourth-order valence-corrected chi connectivity index (χ4v) is 4.03. The number of nitrogens with zero attached hydrogens (tertiary/aromatic N) is 3. The Hall–Kier alpha value is -1.60. The van der Waals surface area contributed by atoms with Crippen molar-refractivity contribution < 1.29 is 4.79 Å². The molecular weight excluding hydrogens is 316 g/mol. The second kappa shape index (κ2) is 7.11. The van der Waals surface area contributed by atoms with Crippen LogP contribution in [0.15, 0.2) is 35.2 Å². The predicted octanol–water partition coefficient (Wildman–Crippen LogP) is 3.49. The van der Waals surface area contributed by atoms with E-state index in [0.29, 0.717) is 11.0 Å². The van der Waals surface area contributed by atoms with Gasteiger partial charge >= 0.3 is 6.03 Å². The molecule has 1 aliphatic heterocycles. The third-order valence-electron chi connectivity index (χ3n) is 3.54. The summed E-state index contributed by atoms with van der Waals surface area (Å²) in [5.74, 6) is 1.60. The van der Waals surface area contributed by atoms with Crippen LogP contribution in [0.5, 0.6) is 0 Å². The van der Waals surface area contributed by atoms with Gasteiger partial charge in [-0.05, 0) is 31.4 Å². The molecule has 1 aliphatic rings. The van der Waals surface area contributed by atoms with Crippen molar-refractivity contribution in [3.8, 4) is 0 Å². The summed E-state index contributed by atoms with van der Waals surface area (Å²) in [6.07, 6.45) is 1.06. The van der Waals surface area contributed by atoms with E-state index in [1.165, 1.54) is 16.2 Å². The molecule has 5 nitrogen and oxygen atoms in total. The van der Waals surface area contributed by atoms with Gasteiger partial charge in [-0.15, -0.1) is 22.0 Å². The van der Waals surface area contributed by atoms with Crippen molar-refractivity contribution in [3.05, 3.63) is 35.3 Å². The number of hydrogen-bond acceptors (Lipinski definition) is 5. The number of hydrogen-bond donors (Lipinski definition) is 1. The number of amides is 2. The standard InChI is InChI=1S/C15H18N4OS2/c1-11-17-18-14(22-11)16-15(20)19-8-7-12(9-19)10-21-13-5-3-2-4-6-13/h2-6,12H,7-10H2,1H3,(H,16,18,20)/t12-/m0/s1. The zero-order chi connectivity index (χ0) is 15.4. The highest BCUT2D eigenvalue weighted by Gasteiger charge is 2.26. The zero-order valence-corrected chi connectivity index (χ0v) is 14.0. The smallest absolute Gasteiger partial charge is 0.323 e. The van der Waals surface area contributed by atoms with Crippen LogP contribution in [0.4, 0.5) is 9.93 Å². The van der Waals surface area contributed by atoms with Gasteiger partial charge in [0.05, 0.1) is 0 Å². The van der Waals surface area contributed by atoms with Crippen LogP contribution < -0.4 is 5.32 Å².